The van der Waals surface area contributed by atoms with Crippen LogP contribution in [0.4, 0.5) is 5.69 Å². The van der Waals surface area contributed by atoms with Gasteiger partial charge in [0.15, 0.2) is 0 Å². The first-order chi connectivity index (χ1) is 7.38. The highest BCUT2D eigenvalue weighted by molar-refractivity contribution is 5.41. The van der Waals surface area contributed by atoms with Crippen molar-refractivity contribution in [1.29, 1.82) is 0 Å². The molecule has 15 heavy (non-hydrogen) atoms. The van der Waals surface area contributed by atoms with E-state index in [0.717, 1.165) is 17.2 Å². The third kappa shape index (κ3) is 2.40. The molecule has 0 saturated heterocycles. The van der Waals surface area contributed by atoms with Crippen molar-refractivity contribution in [1.82, 2.24) is 0 Å². The zero-order valence-electron chi connectivity index (χ0n) is 8.13. The standard InChI is InChI=1S/C12H10N2O/c13-14-10-6-8-12(9-7-10)15-11-4-2-1-3-5-11/h1-9,13H/p+1. The van der Waals surface area contributed by atoms with Crippen molar-refractivity contribution in [3.8, 4) is 11.5 Å². The lowest BCUT2D eigenvalue weighted by atomic mass is 10.3. The molecule has 2 N–H and O–H groups in total. The molecule has 0 spiro atoms. The molecule has 0 radical (unpaired) electrons. The predicted molar refractivity (Wildman–Crippen MR) is 57.0 cm³/mol. The highest BCUT2D eigenvalue weighted by atomic mass is 16.5. The molecule has 0 saturated carbocycles. The first-order valence-corrected chi connectivity index (χ1v) is 4.62. The Kier molecular flexibility index (Phi) is 2.74. The van der Waals surface area contributed by atoms with Crippen LogP contribution in [-0.4, -0.2) is 0 Å². The largest absolute Gasteiger partial charge is 0.457 e. The van der Waals surface area contributed by atoms with Crippen LogP contribution in [0.5, 0.6) is 11.5 Å². The van der Waals surface area contributed by atoms with Gasteiger partial charge in [-0.05, 0) is 41.5 Å². The molecule has 0 aliphatic heterocycles. The SMILES string of the molecule is [NH2+]=Nc1ccc(Oc2ccccc2)cc1. The van der Waals surface area contributed by atoms with Crippen molar-refractivity contribution in [3.05, 3.63) is 54.6 Å². The molecule has 0 bridgehead atoms. The fourth-order valence-corrected chi connectivity index (χ4v) is 1.22. The molecule has 0 amide bonds. The minimum atomic E-state index is 0.732. The second-order valence-corrected chi connectivity index (χ2v) is 3.04. The zero-order chi connectivity index (χ0) is 10.5. The molecule has 0 aromatic heterocycles. The number of ether oxygens (including phenoxy) is 1. The smallest absolute Gasteiger partial charge is 0.130 e. The minimum absolute atomic E-state index is 0.732. The molecule has 3 nitrogen and oxygen atoms in total. The van der Waals surface area contributed by atoms with Gasteiger partial charge in [-0.15, -0.1) is 0 Å². The van der Waals surface area contributed by atoms with Crippen molar-refractivity contribution in [2.45, 2.75) is 0 Å². The van der Waals surface area contributed by atoms with Gasteiger partial charge >= 0.3 is 0 Å². The summed E-state index contributed by atoms with van der Waals surface area (Å²) in [5, 5.41) is 3.56. The van der Waals surface area contributed by atoms with E-state index >= 15 is 0 Å². The molecule has 0 aliphatic carbocycles. The maximum Gasteiger partial charge on any atom is 0.130 e. The van der Waals surface area contributed by atoms with Crippen molar-refractivity contribution < 1.29 is 10.3 Å². The van der Waals surface area contributed by atoms with E-state index in [2.05, 4.69) is 5.11 Å². The average molecular weight is 199 g/mol. The van der Waals surface area contributed by atoms with Crippen LogP contribution in [0.2, 0.25) is 0 Å². The van der Waals surface area contributed by atoms with Gasteiger partial charge in [-0.1, -0.05) is 18.2 Å². The van der Waals surface area contributed by atoms with E-state index in [4.69, 9.17) is 10.3 Å². The van der Waals surface area contributed by atoms with Crippen molar-refractivity contribution in [2.24, 2.45) is 5.11 Å². The lowest BCUT2D eigenvalue weighted by molar-refractivity contribution is -0.210. The maximum atomic E-state index is 5.60. The molecular weight excluding hydrogens is 188 g/mol. The van der Waals surface area contributed by atoms with E-state index in [0.29, 0.717) is 0 Å². The predicted octanol–water partition coefficient (Wildman–Crippen LogP) is 2.32. The van der Waals surface area contributed by atoms with Crippen LogP contribution >= 0.6 is 0 Å². The van der Waals surface area contributed by atoms with Gasteiger partial charge < -0.3 is 4.74 Å². The molecule has 74 valence electrons. The summed E-state index contributed by atoms with van der Waals surface area (Å²) >= 11 is 0. The molecule has 2 aromatic carbocycles. The molecule has 0 unspecified atom stereocenters. The lowest BCUT2D eigenvalue weighted by Gasteiger charge is -2.04. The van der Waals surface area contributed by atoms with Gasteiger partial charge in [0, 0.05) is 0 Å². The number of nitrogens with zero attached hydrogens (tertiary/aromatic N) is 1. The molecule has 0 aliphatic rings. The molecule has 0 atom stereocenters. The number of benzene rings is 2. The van der Waals surface area contributed by atoms with Crippen molar-refractivity contribution in [2.75, 3.05) is 0 Å². The lowest BCUT2D eigenvalue weighted by Crippen LogP contribution is -2.21. The van der Waals surface area contributed by atoms with Gasteiger partial charge in [-0.3, -0.25) is 0 Å². The number of hydrogen-bond donors (Lipinski definition) is 1. The fourth-order valence-electron chi connectivity index (χ4n) is 1.22. The second-order valence-electron chi connectivity index (χ2n) is 3.04. The Morgan fingerprint density at radius 2 is 1.40 bits per heavy atom. The maximum absolute atomic E-state index is 5.60. The van der Waals surface area contributed by atoms with E-state index in [1.54, 1.807) is 12.1 Å². The van der Waals surface area contributed by atoms with Crippen LogP contribution in [-0.2, 0) is 0 Å². The highest BCUT2D eigenvalue weighted by Gasteiger charge is 1.96. The van der Waals surface area contributed by atoms with Crippen LogP contribution in [0, 0.1) is 0 Å². The Morgan fingerprint density at radius 1 is 0.800 bits per heavy atom. The number of hydrogen-bond acceptors (Lipinski definition) is 2. The van der Waals surface area contributed by atoms with Crippen LogP contribution in [0.25, 0.3) is 0 Å². The summed E-state index contributed by atoms with van der Waals surface area (Å²) in [5.74, 6) is 1.59. The summed E-state index contributed by atoms with van der Waals surface area (Å²) in [6.07, 6.45) is 0. The van der Waals surface area contributed by atoms with E-state index in [-0.39, 0.29) is 0 Å². The van der Waals surface area contributed by atoms with Gasteiger partial charge in [0.05, 0.1) is 0 Å². The van der Waals surface area contributed by atoms with E-state index in [1.807, 2.05) is 42.5 Å². The Morgan fingerprint density at radius 3 is 2.00 bits per heavy atom. The normalized spacial score (nSPS) is 9.60. The number of para-hydroxylation sites is 1. The minimum Gasteiger partial charge on any atom is -0.457 e. The van der Waals surface area contributed by atoms with E-state index < -0.39 is 0 Å². The van der Waals surface area contributed by atoms with Gasteiger partial charge in [-0.2, -0.15) is 5.53 Å². The van der Waals surface area contributed by atoms with Gasteiger partial charge in [0.25, 0.3) is 0 Å². The Balaban J connectivity index is 2.15. The summed E-state index contributed by atoms with van der Waals surface area (Å²) in [6, 6.07) is 16.9. The summed E-state index contributed by atoms with van der Waals surface area (Å²) < 4.78 is 5.60. The topological polar surface area (TPSA) is 47.2 Å². The summed E-state index contributed by atoms with van der Waals surface area (Å²) in [4.78, 5) is 0. The first-order valence-electron chi connectivity index (χ1n) is 4.62. The molecule has 3 heteroatoms. The summed E-state index contributed by atoms with van der Waals surface area (Å²) in [6.45, 7) is 0. The van der Waals surface area contributed by atoms with Crippen LogP contribution < -0.4 is 10.3 Å². The molecule has 2 aromatic rings. The van der Waals surface area contributed by atoms with Crippen LogP contribution in [0.1, 0.15) is 0 Å². The Bertz CT molecular complexity index is 437. The quantitative estimate of drug-likeness (QED) is 0.757. The molecule has 0 fully saturated rings. The van der Waals surface area contributed by atoms with E-state index in [9.17, 15) is 0 Å². The summed E-state index contributed by atoms with van der Waals surface area (Å²) in [7, 11) is 0. The van der Waals surface area contributed by atoms with Crippen LogP contribution in [0.15, 0.2) is 59.7 Å². The zero-order valence-corrected chi connectivity index (χ0v) is 8.13. The number of rotatable bonds is 3. The van der Waals surface area contributed by atoms with Crippen molar-refractivity contribution >= 4 is 5.69 Å². The molecular formula is C12H11N2O+. The summed E-state index contributed by atoms with van der Waals surface area (Å²) in [5.41, 5.74) is 5.87. The molecule has 0 heterocycles. The monoisotopic (exact) mass is 199 g/mol. The van der Waals surface area contributed by atoms with Gasteiger partial charge in [-0.25, -0.2) is 0 Å². The Labute approximate surface area is 87.8 Å². The number of nitrogens with two attached hydrogens (primary N) is 1. The average Bonchev–Trinajstić information content (AvgIpc) is 2.31. The third-order valence-corrected chi connectivity index (χ3v) is 1.96. The second kappa shape index (κ2) is 4.37. The van der Waals surface area contributed by atoms with Gasteiger partial charge in [0.1, 0.15) is 17.2 Å². The molecule has 2 rings (SSSR count). The Hall–Kier alpha value is -2.16. The van der Waals surface area contributed by atoms with Gasteiger partial charge in [0.2, 0.25) is 0 Å². The highest BCUT2D eigenvalue weighted by Crippen LogP contribution is 2.22. The fraction of sp³-hybridized carbons (Fsp3) is 0. The van der Waals surface area contributed by atoms with Crippen LogP contribution in [0.3, 0.4) is 0 Å². The third-order valence-electron chi connectivity index (χ3n) is 1.96. The van der Waals surface area contributed by atoms with E-state index in [1.165, 1.54) is 0 Å². The van der Waals surface area contributed by atoms with Crippen molar-refractivity contribution in [3.63, 3.8) is 0 Å². The first kappa shape index (κ1) is 9.40.